The molecular weight excluding hydrogens is 323 g/mol. The first-order valence-corrected chi connectivity index (χ1v) is 7.75. The zero-order valence-corrected chi connectivity index (χ0v) is 14.0. The second-order valence-electron chi connectivity index (χ2n) is 5.36. The van der Waals surface area contributed by atoms with Crippen LogP contribution in [0.3, 0.4) is 0 Å². The van der Waals surface area contributed by atoms with E-state index in [0.29, 0.717) is 28.4 Å². The minimum absolute atomic E-state index is 0.349. The molecule has 0 aliphatic carbocycles. The van der Waals surface area contributed by atoms with Crippen LogP contribution in [0.2, 0.25) is 5.02 Å². The van der Waals surface area contributed by atoms with Gasteiger partial charge in [0.1, 0.15) is 5.82 Å². The van der Waals surface area contributed by atoms with Crippen molar-refractivity contribution < 1.29 is 4.39 Å². The van der Waals surface area contributed by atoms with Crippen LogP contribution in [0.25, 0.3) is 0 Å². The molecule has 0 atom stereocenters. The number of nitrogens with one attached hydrogen (secondary N) is 2. The Morgan fingerprint density at radius 1 is 1.41 bits per heavy atom. The van der Waals surface area contributed by atoms with Gasteiger partial charge in [-0.3, -0.25) is 4.68 Å². The number of aromatic nitrogens is 2. The van der Waals surface area contributed by atoms with Crippen LogP contribution in [-0.4, -0.2) is 21.4 Å². The highest BCUT2D eigenvalue weighted by Gasteiger charge is 2.06. The average molecular weight is 341 g/mol. The van der Waals surface area contributed by atoms with E-state index in [0.717, 1.165) is 12.1 Å². The lowest BCUT2D eigenvalue weighted by Gasteiger charge is -2.10. The molecular formula is C15H18ClFN4S. The second-order valence-corrected chi connectivity index (χ2v) is 6.18. The number of nitrogens with zero attached hydrogens (tertiary/aromatic N) is 2. The maximum absolute atomic E-state index is 13.0. The van der Waals surface area contributed by atoms with Crippen LogP contribution in [0.1, 0.15) is 19.4 Å². The van der Waals surface area contributed by atoms with E-state index in [1.807, 2.05) is 12.3 Å². The van der Waals surface area contributed by atoms with Gasteiger partial charge in [-0.05, 0) is 35.8 Å². The summed E-state index contributed by atoms with van der Waals surface area (Å²) < 4.78 is 14.7. The third-order valence-corrected chi connectivity index (χ3v) is 3.50. The Labute approximate surface area is 139 Å². The molecule has 118 valence electrons. The SMILES string of the molecule is CC(C)CNC(=S)Nc1ccn(Cc2ccc(F)cc2Cl)n1. The van der Waals surface area contributed by atoms with Gasteiger partial charge in [0.15, 0.2) is 10.9 Å². The molecule has 22 heavy (non-hydrogen) atoms. The quantitative estimate of drug-likeness (QED) is 0.815. The van der Waals surface area contributed by atoms with E-state index >= 15 is 0 Å². The summed E-state index contributed by atoms with van der Waals surface area (Å²) in [5, 5.41) is 11.4. The van der Waals surface area contributed by atoms with Crippen molar-refractivity contribution in [3.63, 3.8) is 0 Å². The minimum atomic E-state index is -0.349. The molecule has 0 amide bonds. The topological polar surface area (TPSA) is 41.9 Å². The van der Waals surface area contributed by atoms with Crippen molar-refractivity contribution >= 4 is 34.7 Å². The highest BCUT2D eigenvalue weighted by molar-refractivity contribution is 7.80. The van der Waals surface area contributed by atoms with E-state index in [2.05, 4.69) is 29.6 Å². The van der Waals surface area contributed by atoms with Crippen molar-refractivity contribution in [3.8, 4) is 0 Å². The van der Waals surface area contributed by atoms with Gasteiger partial charge in [-0.2, -0.15) is 5.10 Å². The normalized spacial score (nSPS) is 10.8. The van der Waals surface area contributed by atoms with Gasteiger partial charge in [0.2, 0.25) is 0 Å². The third kappa shape index (κ3) is 4.96. The van der Waals surface area contributed by atoms with Gasteiger partial charge in [0.25, 0.3) is 0 Å². The average Bonchev–Trinajstić information content (AvgIpc) is 2.87. The Bertz CT molecular complexity index is 657. The smallest absolute Gasteiger partial charge is 0.171 e. The number of hydrogen-bond donors (Lipinski definition) is 2. The minimum Gasteiger partial charge on any atom is -0.362 e. The van der Waals surface area contributed by atoms with Crippen LogP contribution in [0.5, 0.6) is 0 Å². The van der Waals surface area contributed by atoms with Crippen LogP contribution in [0.15, 0.2) is 30.5 Å². The van der Waals surface area contributed by atoms with Gasteiger partial charge in [0.05, 0.1) is 6.54 Å². The number of thiocarbonyl (C=S) groups is 1. The van der Waals surface area contributed by atoms with Crippen LogP contribution >= 0.6 is 23.8 Å². The largest absolute Gasteiger partial charge is 0.362 e. The molecule has 2 aromatic rings. The van der Waals surface area contributed by atoms with Gasteiger partial charge < -0.3 is 10.6 Å². The van der Waals surface area contributed by atoms with Gasteiger partial charge in [-0.1, -0.05) is 31.5 Å². The first-order valence-electron chi connectivity index (χ1n) is 6.96. The molecule has 2 rings (SSSR count). The first-order chi connectivity index (χ1) is 10.4. The van der Waals surface area contributed by atoms with Crippen LogP contribution in [0.4, 0.5) is 10.2 Å². The fourth-order valence-corrected chi connectivity index (χ4v) is 2.21. The van der Waals surface area contributed by atoms with Crippen molar-refractivity contribution in [2.45, 2.75) is 20.4 Å². The molecule has 2 N–H and O–H groups in total. The van der Waals surface area contributed by atoms with Gasteiger partial charge in [0, 0.05) is 23.8 Å². The first kappa shape index (κ1) is 16.7. The van der Waals surface area contributed by atoms with Crippen molar-refractivity contribution in [1.29, 1.82) is 0 Å². The van der Waals surface area contributed by atoms with E-state index < -0.39 is 0 Å². The molecule has 0 aliphatic rings. The zero-order valence-electron chi connectivity index (χ0n) is 12.4. The summed E-state index contributed by atoms with van der Waals surface area (Å²) in [7, 11) is 0. The molecule has 0 fully saturated rings. The lowest BCUT2D eigenvalue weighted by Crippen LogP contribution is -2.31. The molecule has 1 heterocycles. The predicted octanol–water partition coefficient (Wildman–Crippen LogP) is 3.67. The molecule has 0 saturated heterocycles. The number of hydrogen-bond acceptors (Lipinski definition) is 2. The number of benzene rings is 1. The number of anilines is 1. The Balaban J connectivity index is 1.95. The van der Waals surface area contributed by atoms with Crippen molar-refractivity contribution in [2.75, 3.05) is 11.9 Å². The molecule has 0 bridgehead atoms. The Hall–Kier alpha value is -1.66. The molecule has 0 radical (unpaired) electrons. The molecule has 1 aromatic carbocycles. The number of rotatable bonds is 5. The zero-order chi connectivity index (χ0) is 16.1. The van der Waals surface area contributed by atoms with E-state index in [4.69, 9.17) is 23.8 Å². The summed E-state index contributed by atoms with van der Waals surface area (Å²) in [4.78, 5) is 0. The van der Waals surface area contributed by atoms with Gasteiger partial charge in [-0.25, -0.2) is 4.39 Å². The highest BCUT2D eigenvalue weighted by atomic mass is 35.5. The molecule has 0 unspecified atom stereocenters. The second kappa shape index (κ2) is 7.56. The van der Waals surface area contributed by atoms with Gasteiger partial charge >= 0.3 is 0 Å². The Morgan fingerprint density at radius 2 is 2.18 bits per heavy atom. The Morgan fingerprint density at radius 3 is 2.86 bits per heavy atom. The van der Waals surface area contributed by atoms with Crippen molar-refractivity contribution in [2.24, 2.45) is 5.92 Å². The highest BCUT2D eigenvalue weighted by Crippen LogP contribution is 2.18. The molecule has 0 saturated carbocycles. The van der Waals surface area contributed by atoms with E-state index in [1.165, 1.54) is 12.1 Å². The summed E-state index contributed by atoms with van der Waals surface area (Å²) in [6, 6.07) is 6.15. The number of halogens is 2. The lowest BCUT2D eigenvalue weighted by atomic mass is 10.2. The molecule has 7 heteroatoms. The van der Waals surface area contributed by atoms with Crippen molar-refractivity contribution in [1.82, 2.24) is 15.1 Å². The summed E-state index contributed by atoms with van der Waals surface area (Å²) in [6.07, 6.45) is 1.81. The maximum atomic E-state index is 13.0. The lowest BCUT2D eigenvalue weighted by molar-refractivity contribution is 0.624. The molecule has 1 aromatic heterocycles. The summed E-state index contributed by atoms with van der Waals surface area (Å²) in [6.45, 7) is 5.48. The Kier molecular flexibility index (Phi) is 5.74. The third-order valence-electron chi connectivity index (χ3n) is 2.90. The summed E-state index contributed by atoms with van der Waals surface area (Å²) >= 11 is 11.2. The summed E-state index contributed by atoms with van der Waals surface area (Å²) in [5.41, 5.74) is 0.804. The van der Waals surface area contributed by atoms with E-state index in [1.54, 1.807) is 10.7 Å². The van der Waals surface area contributed by atoms with Gasteiger partial charge in [-0.15, -0.1) is 0 Å². The fourth-order valence-electron chi connectivity index (χ4n) is 1.80. The van der Waals surface area contributed by atoms with Crippen LogP contribution < -0.4 is 10.6 Å². The standard InChI is InChI=1S/C15H18ClFN4S/c1-10(2)8-18-15(22)19-14-5-6-21(20-14)9-11-3-4-12(17)7-13(11)16/h3-7,10H,8-9H2,1-2H3,(H2,18,19,20,22). The fraction of sp³-hybridized carbons (Fsp3) is 0.333. The molecule has 0 spiro atoms. The molecule has 4 nitrogen and oxygen atoms in total. The molecule has 0 aliphatic heterocycles. The monoisotopic (exact) mass is 340 g/mol. The van der Waals surface area contributed by atoms with E-state index in [9.17, 15) is 4.39 Å². The maximum Gasteiger partial charge on any atom is 0.171 e. The van der Waals surface area contributed by atoms with Crippen LogP contribution in [-0.2, 0) is 6.54 Å². The summed E-state index contributed by atoms with van der Waals surface area (Å²) in [5.74, 6) is 0.815. The van der Waals surface area contributed by atoms with Crippen molar-refractivity contribution in [3.05, 3.63) is 46.9 Å². The van der Waals surface area contributed by atoms with E-state index in [-0.39, 0.29) is 5.82 Å². The predicted molar refractivity (Wildman–Crippen MR) is 91.8 cm³/mol. The van der Waals surface area contributed by atoms with Crippen LogP contribution in [0, 0.1) is 11.7 Å².